The van der Waals surface area contributed by atoms with E-state index in [2.05, 4.69) is 16.8 Å². The average molecular weight is 331 g/mol. The highest BCUT2D eigenvalue weighted by atomic mass is 16.5. The van der Waals surface area contributed by atoms with Crippen molar-refractivity contribution in [1.29, 1.82) is 0 Å². The molecule has 1 aliphatic heterocycles. The molecule has 1 N–H and O–H groups in total. The van der Waals surface area contributed by atoms with Gasteiger partial charge in [0.2, 0.25) is 0 Å². The first-order valence-corrected chi connectivity index (χ1v) is 8.52. The molecule has 6 heteroatoms. The molecule has 0 aliphatic carbocycles. The van der Waals surface area contributed by atoms with Gasteiger partial charge in [0.15, 0.2) is 11.5 Å². The van der Waals surface area contributed by atoms with Crippen LogP contribution < -0.4 is 14.4 Å². The van der Waals surface area contributed by atoms with E-state index in [1.54, 1.807) is 14.2 Å². The summed E-state index contributed by atoms with van der Waals surface area (Å²) in [6.45, 7) is 3.61. The first kappa shape index (κ1) is 16.8. The van der Waals surface area contributed by atoms with Crippen molar-refractivity contribution in [1.82, 2.24) is 9.97 Å². The molecule has 2 heterocycles. The Morgan fingerprint density at radius 3 is 2.62 bits per heavy atom. The number of anilines is 1. The Morgan fingerprint density at radius 2 is 1.96 bits per heavy atom. The summed E-state index contributed by atoms with van der Waals surface area (Å²) in [6, 6.07) is 3.83. The number of ether oxygens (including phenoxy) is 2. The molecule has 6 nitrogen and oxygen atoms in total. The summed E-state index contributed by atoms with van der Waals surface area (Å²) >= 11 is 0. The Balaban J connectivity index is 2.16. The zero-order chi connectivity index (χ0) is 17.1. The van der Waals surface area contributed by atoms with Gasteiger partial charge in [-0.1, -0.05) is 6.92 Å². The quantitative estimate of drug-likeness (QED) is 0.908. The minimum atomic E-state index is -0.307. The third-order valence-corrected chi connectivity index (χ3v) is 4.40. The molecule has 2 aromatic rings. The van der Waals surface area contributed by atoms with Crippen LogP contribution in [0.15, 0.2) is 12.1 Å². The summed E-state index contributed by atoms with van der Waals surface area (Å²) in [5, 5.41) is 11.0. The van der Waals surface area contributed by atoms with E-state index in [0.717, 1.165) is 54.8 Å². The second-order valence-electron chi connectivity index (χ2n) is 6.18. The molecule has 1 atom stereocenters. The largest absolute Gasteiger partial charge is 0.493 e. The standard InChI is InChI=1S/C18H25N3O3/c1-4-6-17-19-14-10-16(24-3)15(23-2)9-13(14)18(20-17)21-8-5-7-12(22)11-21/h9-10,12,22H,4-8,11H2,1-3H3. The molecular formula is C18H25N3O3. The summed E-state index contributed by atoms with van der Waals surface area (Å²) < 4.78 is 10.8. The van der Waals surface area contributed by atoms with Gasteiger partial charge in [-0.2, -0.15) is 0 Å². The van der Waals surface area contributed by atoms with Gasteiger partial charge in [-0.05, 0) is 25.3 Å². The highest BCUT2D eigenvalue weighted by molar-refractivity contribution is 5.92. The summed E-state index contributed by atoms with van der Waals surface area (Å²) in [6.07, 6.45) is 3.31. The average Bonchev–Trinajstić information content (AvgIpc) is 2.60. The fourth-order valence-electron chi connectivity index (χ4n) is 3.21. The van der Waals surface area contributed by atoms with E-state index in [-0.39, 0.29) is 6.10 Å². The third kappa shape index (κ3) is 3.24. The van der Waals surface area contributed by atoms with Crippen molar-refractivity contribution in [3.8, 4) is 11.5 Å². The van der Waals surface area contributed by atoms with Crippen LogP contribution in [0.2, 0.25) is 0 Å². The summed E-state index contributed by atoms with van der Waals surface area (Å²) in [5.41, 5.74) is 0.848. The number of rotatable bonds is 5. The zero-order valence-electron chi connectivity index (χ0n) is 14.6. The molecule has 0 bridgehead atoms. The molecule has 1 aromatic heterocycles. The highest BCUT2D eigenvalue weighted by Crippen LogP contribution is 2.36. The number of aromatic nitrogens is 2. The third-order valence-electron chi connectivity index (χ3n) is 4.40. The van der Waals surface area contributed by atoms with Crippen LogP contribution in [0.4, 0.5) is 5.82 Å². The van der Waals surface area contributed by atoms with Crippen LogP contribution in [0, 0.1) is 0 Å². The Kier molecular flexibility index (Phi) is 5.04. The highest BCUT2D eigenvalue weighted by Gasteiger charge is 2.22. The number of fused-ring (bicyclic) bond motifs is 1. The monoisotopic (exact) mass is 331 g/mol. The minimum absolute atomic E-state index is 0.307. The van der Waals surface area contributed by atoms with Gasteiger partial charge >= 0.3 is 0 Å². The molecule has 24 heavy (non-hydrogen) atoms. The predicted molar refractivity (Wildman–Crippen MR) is 94.1 cm³/mol. The smallest absolute Gasteiger partial charge is 0.162 e. The predicted octanol–water partition coefficient (Wildman–Crippen LogP) is 2.56. The van der Waals surface area contributed by atoms with Crippen LogP contribution in [0.25, 0.3) is 10.9 Å². The Morgan fingerprint density at radius 1 is 1.21 bits per heavy atom. The van der Waals surface area contributed by atoms with Crippen molar-refractivity contribution in [2.75, 3.05) is 32.2 Å². The van der Waals surface area contributed by atoms with Gasteiger partial charge in [0.25, 0.3) is 0 Å². The van der Waals surface area contributed by atoms with Gasteiger partial charge in [-0.3, -0.25) is 0 Å². The van der Waals surface area contributed by atoms with Crippen LogP contribution in [0.3, 0.4) is 0 Å². The van der Waals surface area contributed by atoms with E-state index in [1.807, 2.05) is 12.1 Å². The first-order chi connectivity index (χ1) is 11.7. The van der Waals surface area contributed by atoms with E-state index >= 15 is 0 Å². The molecular weight excluding hydrogens is 306 g/mol. The fourth-order valence-corrected chi connectivity index (χ4v) is 3.21. The van der Waals surface area contributed by atoms with Crippen molar-refractivity contribution in [2.45, 2.75) is 38.7 Å². The SMILES string of the molecule is CCCc1nc(N2CCCC(O)C2)c2cc(OC)c(OC)cc2n1. The summed E-state index contributed by atoms with van der Waals surface area (Å²) in [7, 11) is 3.25. The van der Waals surface area contributed by atoms with Gasteiger partial charge in [0, 0.05) is 31.0 Å². The van der Waals surface area contributed by atoms with Crippen molar-refractivity contribution in [3.05, 3.63) is 18.0 Å². The van der Waals surface area contributed by atoms with Crippen molar-refractivity contribution in [3.63, 3.8) is 0 Å². The van der Waals surface area contributed by atoms with E-state index in [1.165, 1.54) is 0 Å². The van der Waals surface area contributed by atoms with E-state index in [0.29, 0.717) is 18.0 Å². The van der Waals surface area contributed by atoms with Crippen molar-refractivity contribution >= 4 is 16.7 Å². The fraction of sp³-hybridized carbons (Fsp3) is 0.556. The number of hydrogen-bond donors (Lipinski definition) is 1. The molecule has 1 unspecified atom stereocenters. The topological polar surface area (TPSA) is 67.7 Å². The molecule has 1 saturated heterocycles. The Bertz CT molecular complexity index is 720. The Labute approximate surface area is 142 Å². The summed E-state index contributed by atoms with van der Waals surface area (Å²) in [4.78, 5) is 11.6. The lowest BCUT2D eigenvalue weighted by atomic mass is 10.1. The van der Waals surface area contributed by atoms with Crippen LogP contribution >= 0.6 is 0 Å². The van der Waals surface area contributed by atoms with Gasteiger partial charge in [-0.25, -0.2) is 9.97 Å². The van der Waals surface area contributed by atoms with Crippen LogP contribution in [-0.4, -0.2) is 48.5 Å². The second-order valence-corrected chi connectivity index (χ2v) is 6.18. The van der Waals surface area contributed by atoms with Gasteiger partial charge in [0.1, 0.15) is 11.6 Å². The number of aliphatic hydroxyl groups is 1. The van der Waals surface area contributed by atoms with E-state index in [4.69, 9.17) is 14.5 Å². The Hall–Kier alpha value is -2.08. The molecule has 1 aromatic carbocycles. The molecule has 0 spiro atoms. The number of methoxy groups -OCH3 is 2. The molecule has 0 saturated carbocycles. The van der Waals surface area contributed by atoms with E-state index < -0.39 is 0 Å². The molecule has 0 amide bonds. The van der Waals surface area contributed by atoms with Crippen molar-refractivity contribution < 1.29 is 14.6 Å². The number of aliphatic hydroxyl groups excluding tert-OH is 1. The molecule has 1 aliphatic rings. The maximum absolute atomic E-state index is 10.0. The number of nitrogens with zero attached hydrogens (tertiary/aromatic N) is 3. The normalized spacial score (nSPS) is 18.0. The van der Waals surface area contributed by atoms with Crippen LogP contribution in [0.5, 0.6) is 11.5 Å². The first-order valence-electron chi connectivity index (χ1n) is 8.52. The molecule has 1 fully saturated rings. The van der Waals surface area contributed by atoms with Crippen LogP contribution in [0.1, 0.15) is 32.0 Å². The lowest BCUT2D eigenvalue weighted by Gasteiger charge is -2.32. The lowest BCUT2D eigenvalue weighted by molar-refractivity contribution is 0.154. The number of piperidine rings is 1. The maximum atomic E-state index is 10.0. The number of aryl methyl sites for hydroxylation is 1. The second kappa shape index (κ2) is 7.21. The molecule has 0 radical (unpaired) electrons. The number of benzene rings is 1. The maximum Gasteiger partial charge on any atom is 0.162 e. The van der Waals surface area contributed by atoms with Gasteiger partial charge in [-0.15, -0.1) is 0 Å². The lowest BCUT2D eigenvalue weighted by Crippen LogP contribution is -2.39. The van der Waals surface area contributed by atoms with E-state index in [9.17, 15) is 5.11 Å². The minimum Gasteiger partial charge on any atom is -0.493 e. The summed E-state index contributed by atoms with van der Waals surface area (Å²) in [5.74, 6) is 3.03. The number of hydrogen-bond acceptors (Lipinski definition) is 6. The zero-order valence-corrected chi connectivity index (χ0v) is 14.6. The van der Waals surface area contributed by atoms with Crippen molar-refractivity contribution in [2.24, 2.45) is 0 Å². The molecule has 3 rings (SSSR count). The number of β-amino-alcohol motifs (C(OH)–C–C–N with tert-alkyl or cyclic N) is 1. The molecule has 130 valence electrons. The van der Waals surface area contributed by atoms with Gasteiger partial charge in [0.05, 0.1) is 25.8 Å². The van der Waals surface area contributed by atoms with Gasteiger partial charge < -0.3 is 19.5 Å². The van der Waals surface area contributed by atoms with Crippen LogP contribution in [-0.2, 0) is 6.42 Å².